The molecule has 3 aliphatic rings. The first-order chi connectivity index (χ1) is 13.3. The number of allylic oxidation sites excluding steroid dienone is 3. The summed E-state index contributed by atoms with van der Waals surface area (Å²) in [7, 11) is 0. The second kappa shape index (κ2) is 6.47. The molecule has 1 aromatic carbocycles. The standard InChI is InChI=1S/C22H25F2N3O/c1-11-12(2)22(21-13(3)27-10-28-21)8-7-14(11)15(20(22)26)9-18(25)19-16(23)5-4-6-17(19)24/h4-6,9-12,14H,7-8,25-26H2,1-3H3/b18-9-/t11?,12-,14?,22?/m0/s1. The number of hydrogen-bond donors (Lipinski definition) is 2. The topological polar surface area (TPSA) is 78.1 Å². The third-order valence-electron chi connectivity index (χ3n) is 6.95. The maximum absolute atomic E-state index is 14.2. The van der Waals surface area contributed by atoms with Crippen molar-refractivity contribution in [1.82, 2.24) is 4.98 Å². The van der Waals surface area contributed by atoms with Crippen LogP contribution in [0, 0.1) is 36.3 Å². The van der Waals surface area contributed by atoms with Crippen LogP contribution in [0.4, 0.5) is 8.78 Å². The zero-order chi connectivity index (χ0) is 20.2. The molecule has 0 spiro atoms. The summed E-state index contributed by atoms with van der Waals surface area (Å²) in [4.78, 5) is 4.27. The number of aryl methyl sites for hydroxylation is 1. The molecule has 4 N–H and O–H groups in total. The Morgan fingerprint density at radius 1 is 1.29 bits per heavy atom. The van der Waals surface area contributed by atoms with Gasteiger partial charge in [0.15, 0.2) is 6.39 Å². The summed E-state index contributed by atoms with van der Waals surface area (Å²) in [6.45, 7) is 6.29. The lowest BCUT2D eigenvalue weighted by Gasteiger charge is -2.54. The molecule has 0 radical (unpaired) electrons. The second-order valence-corrected chi connectivity index (χ2v) is 8.10. The molecule has 3 unspecified atom stereocenters. The Balaban J connectivity index is 1.91. The maximum atomic E-state index is 14.2. The fourth-order valence-electron chi connectivity index (χ4n) is 5.32. The highest BCUT2D eigenvalue weighted by molar-refractivity contribution is 5.68. The van der Waals surface area contributed by atoms with E-state index in [9.17, 15) is 8.78 Å². The van der Waals surface area contributed by atoms with Gasteiger partial charge in [-0.15, -0.1) is 0 Å². The lowest BCUT2D eigenvalue weighted by molar-refractivity contribution is 0.0826. The van der Waals surface area contributed by atoms with E-state index in [0.29, 0.717) is 11.6 Å². The molecule has 1 fully saturated rings. The fraction of sp³-hybridized carbons (Fsp3) is 0.409. The lowest BCUT2D eigenvalue weighted by Crippen LogP contribution is -2.53. The third kappa shape index (κ3) is 2.43. The van der Waals surface area contributed by atoms with Crippen molar-refractivity contribution in [3.8, 4) is 0 Å². The summed E-state index contributed by atoms with van der Waals surface area (Å²) < 4.78 is 34.2. The van der Waals surface area contributed by atoms with E-state index < -0.39 is 17.0 Å². The molecule has 3 aliphatic carbocycles. The molecule has 0 amide bonds. The summed E-state index contributed by atoms with van der Waals surface area (Å²) in [6, 6.07) is 3.73. The summed E-state index contributed by atoms with van der Waals surface area (Å²) >= 11 is 0. The average Bonchev–Trinajstić information content (AvgIpc) is 3.08. The Hall–Kier alpha value is -2.63. The van der Waals surface area contributed by atoms with Crippen molar-refractivity contribution in [2.24, 2.45) is 29.2 Å². The van der Waals surface area contributed by atoms with Crippen LogP contribution in [0.15, 0.2) is 46.4 Å². The predicted octanol–water partition coefficient (Wildman–Crippen LogP) is 4.41. The molecule has 2 aromatic rings. The number of hydrogen-bond acceptors (Lipinski definition) is 4. The maximum Gasteiger partial charge on any atom is 0.181 e. The summed E-state index contributed by atoms with van der Waals surface area (Å²) in [5.74, 6) is 0.168. The van der Waals surface area contributed by atoms with Gasteiger partial charge in [-0.1, -0.05) is 19.9 Å². The van der Waals surface area contributed by atoms with Crippen molar-refractivity contribution in [2.45, 2.75) is 39.0 Å². The molecule has 5 rings (SSSR count). The largest absolute Gasteiger partial charge is 0.447 e. The van der Waals surface area contributed by atoms with E-state index in [-0.39, 0.29) is 23.1 Å². The Kier molecular flexibility index (Phi) is 4.32. The summed E-state index contributed by atoms with van der Waals surface area (Å²) in [5.41, 5.74) is 14.6. The summed E-state index contributed by atoms with van der Waals surface area (Å²) in [5, 5.41) is 0. The van der Waals surface area contributed by atoms with Crippen molar-refractivity contribution in [3.05, 3.63) is 70.6 Å². The molecule has 1 saturated carbocycles. The van der Waals surface area contributed by atoms with Crippen molar-refractivity contribution >= 4 is 5.70 Å². The number of fused-ring (bicyclic) bond motifs is 2. The first-order valence-electron chi connectivity index (χ1n) is 9.61. The van der Waals surface area contributed by atoms with E-state index in [0.717, 1.165) is 29.9 Å². The van der Waals surface area contributed by atoms with E-state index in [4.69, 9.17) is 15.9 Å². The van der Waals surface area contributed by atoms with E-state index in [1.165, 1.54) is 24.6 Å². The average molecular weight is 385 g/mol. The van der Waals surface area contributed by atoms with Gasteiger partial charge < -0.3 is 15.9 Å². The molecule has 6 heteroatoms. The van der Waals surface area contributed by atoms with Crippen LogP contribution in [0.3, 0.4) is 0 Å². The fourth-order valence-corrected chi connectivity index (χ4v) is 5.32. The quantitative estimate of drug-likeness (QED) is 0.820. The van der Waals surface area contributed by atoms with Gasteiger partial charge in [-0.3, -0.25) is 0 Å². The van der Waals surface area contributed by atoms with Crippen LogP contribution in [0.5, 0.6) is 0 Å². The Morgan fingerprint density at radius 3 is 2.57 bits per heavy atom. The van der Waals surface area contributed by atoms with E-state index in [1.807, 2.05) is 6.92 Å². The first kappa shape index (κ1) is 18.7. The zero-order valence-corrected chi connectivity index (χ0v) is 16.3. The smallest absolute Gasteiger partial charge is 0.181 e. The van der Waals surface area contributed by atoms with E-state index >= 15 is 0 Å². The van der Waals surface area contributed by atoms with Gasteiger partial charge in [-0.05, 0) is 61.3 Å². The van der Waals surface area contributed by atoms with Crippen molar-refractivity contribution in [2.75, 3.05) is 0 Å². The Labute approximate surface area is 163 Å². The zero-order valence-electron chi connectivity index (χ0n) is 16.3. The molecule has 0 saturated heterocycles. The number of oxazole rings is 1. The van der Waals surface area contributed by atoms with Crippen molar-refractivity contribution in [1.29, 1.82) is 0 Å². The van der Waals surface area contributed by atoms with Crippen LogP contribution >= 0.6 is 0 Å². The van der Waals surface area contributed by atoms with Gasteiger partial charge in [0.2, 0.25) is 0 Å². The van der Waals surface area contributed by atoms with Gasteiger partial charge in [-0.25, -0.2) is 13.8 Å². The predicted molar refractivity (Wildman–Crippen MR) is 104 cm³/mol. The third-order valence-corrected chi connectivity index (χ3v) is 6.95. The molecule has 1 heterocycles. The molecule has 4 atom stereocenters. The molecule has 28 heavy (non-hydrogen) atoms. The van der Waals surface area contributed by atoms with Crippen molar-refractivity contribution in [3.63, 3.8) is 0 Å². The molecule has 148 valence electrons. The minimum atomic E-state index is -0.684. The van der Waals surface area contributed by atoms with Crippen LogP contribution in [0.25, 0.3) is 5.70 Å². The van der Waals surface area contributed by atoms with Gasteiger partial charge in [0.25, 0.3) is 0 Å². The highest BCUT2D eigenvalue weighted by Crippen LogP contribution is 2.59. The van der Waals surface area contributed by atoms with Crippen LogP contribution in [0.2, 0.25) is 0 Å². The first-order valence-corrected chi connectivity index (χ1v) is 9.61. The Bertz CT molecular complexity index is 973. The Morgan fingerprint density at radius 2 is 1.96 bits per heavy atom. The van der Waals surface area contributed by atoms with Gasteiger partial charge in [0.05, 0.1) is 16.7 Å². The van der Waals surface area contributed by atoms with Crippen LogP contribution in [0.1, 0.15) is 43.7 Å². The second-order valence-electron chi connectivity index (χ2n) is 8.10. The molecule has 2 bridgehead atoms. The number of nitrogens with zero attached hydrogens (tertiary/aromatic N) is 1. The number of rotatable bonds is 3. The van der Waals surface area contributed by atoms with Crippen LogP contribution < -0.4 is 11.5 Å². The van der Waals surface area contributed by atoms with E-state index in [1.54, 1.807) is 6.08 Å². The molecule has 1 aromatic heterocycles. The normalized spacial score (nSPS) is 30.2. The highest BCUT2D eigenvalue weighted by atomic mass is 19.1. The SMILES string of the molecule is Cc1ncoc1C12CCC(C(/C=C(\N)c3c(F)cccc3F)=C1N)C(C)[C@@H]2C. The molecular formula is C22H25F2N3O. The van der Waals surface area contributed by atoms with Crippen molar-refractivity contribution < 1.29 is 13.2 Å². The summed E-state index contributed by atoms with van der Waals surface area (Å²) in [6.07, 6.45) is 4.87. The van der Waals surface area contributed by atoms with E-state index in [2.05, 4.69) is 18.8 Å². The molecule has 0 aliphatic heterocycles. The van der Waals surface area contributed by atoms with Crippen LogP contribution in [-0.4, -0.2) is 4.98 Å². The van der Waals surface area contributed by atoms with Gasteiger partial charge >= 0.3 is 0 Å². The van der Waals surface area contributed by atoms with Crippen LogP contribution in [-0.2, 0) is 5.41 Å². The number of benzene rings is 1. The lowest BCUT2D eigenvalue weighted by atomic mass is 9.50. The minimum Gasteiger partial charge on any atom is -0.447 e. The van der Waals surface area contributed by atoms with Gasteiger partial charge in [-0.2, -0.15) is 0 Å². The highest BCUT2D eigenvalue weighted by Gasteiger charge is 2.56. The number of nitrogens with two attached hydrogens (primary N) is 2. The molecular weight excluding hydrogens is 360 g/mol. The minimum absolute atomic E-state index is 0.0467. The van der Waals surface area contributed by atoms with Gasteiger partial charge in [0, 0.05) is 11.4 Å². The number of halogens is 2. The monoisotopic (exact) mass is 385 g/mol. The molecule has 4 nitrogen and oxygen atoms in total. The number of aromatic nitrogens is 1. The van der Waals surface area contributed by atoms with Gasteiger partial charge in [0.1, 0.15) is 17.4 Å².